The molecule has 1 amide bonds. The van der Waals surface area contributed by atoms with Crippen LogP contribution in [0.15, 0.2) is 34.7 Å². The monoisotopic (exact) mass is 507 g/mol. The lowest BCUT2D eigenvalue weighted by atomic mass is 9.77. The van der Waals surface area contributed by atoms with E-state index in [1.54, 1.807) is 0 Å². The van der Waals surface area contributed by atoms with Gasteiger partial charge in [-0.3, -0.25) is 4.79 Å². The fraction of sp³-hybridized carbons (Fsp3) is 0.500. The number of carbonyl (C=O) groups is 1. The van der Waals surface area contributed by atoms with Crippen molar-refractivity contribution in [2.24, 2.45) is 0 Å². The van der Waals surface area contributed by atoms with E-state index in [9.17, 15) is 9.90 Å². The van der Waals surface area contributed by atoms with Crippen LogP contribution in [0.1, 0.15) is 85.7 Å². The number of aliphatic hydroxyl groups excluding tert-OH is 1. The molecule has 1 saturated carbocycles. The number of benzene rings is 2. The normalized spacial score (nSPS) is 18.3. The number of nitrogens with one attached hydrogen (secondary N) is 1. The van der Waals surface area contributed by atoms with E-state index in [2.05, 4.69) is 5.32 Å². The molecule has 1 fully saturated rings. The minimum Gasteiger partial charge on any atom is -0.490 e. The highest BCUT2D eigenvalue weighted by atomic mass is 16.5. The summed E-state index contributed by atoms with van der Waals surface area (Å²) >= 11 is 0. The molecule has 198 valence electrons. The molecule has 0 unspecified atom stereocenters. The maximum Gasteiger partial charge on any atom is 0.287 e. The first kappa shape index (κ1) is 25.5. The van der Waals surface area contributed by atoms with Crippen molar-refractivity contribution >= 4 is 16.9 Å². The quantitative estimate of drug-likeness (QED) is 0.387. The highest BCUT2D eigenvalue weighted by Crippen LogP contribution is 2.49. The molecule has 0 radical (unpaired) electrons. The Morgan fingerprint density at radius 3 is 2.59 bits per heavy atom. The Bertz CT molecular complexity index is 1270. The van der Waals surface area contributed by atoms with E-state index in [0.29, 0.717) is 49.7 Å². The maximum absolute atomic E-state index is 13.1. The SMILES string of the molecule is CCOc1ccc(CCNC(=O)c2oc3ccc4c(c3c2C)[C@@H](O)CC2(CCCCC2)O4)cc1OCC. The number of aryl methyl sites for hydroxylation is 1. The van der Waals surface area contributed by atoms with Crippen LogP contribution in [0.2, 0.25) is 0 Å². The molecule has 1 spiro atoms. The zero-order valence-electron chi connectivity index (χ0n) is 22.0. The minimum atomic E-state index is -0.642. The van der Waals surface area contributed by atoms with Crippen molar-refractivity contribution in [3.63, 3.8) is 0 Å². The molecule has 2 aliphatic rings. The largest absolute Gasteiger partial charge is 0.490 e. The van der Waals surface area contributed by atoms with E-state index in [0.717, 1.165) is 53.5 Å². The van der Waals surface area contributed by atoms with Crippen molar-refractivity contribution in [2.75, 3.05) is 19.8 Å². The Kier molecular flexibility index (Phi) is 7.33. The standard InChI is InChI=1S/C30H37NO6/c1-4-34-22-10-9-20(17-25(22)35-5-2)13-16-31-29(33)28-19(3)26-23(36-28)11-12-24-27(26)21(32)18-30(37-24)14-7-6-8-15-30/h9-12,17,21,32H,4-8,13-16,18H2,1-3H3,(H,31,33)/t21-/m0/s1. The number of amides is 1. The predicted octanol–water partition coefficient (Wildman–Crippen LogP) is 6.03. The molecule has 5 rings (SSSR count). The first-order valence-corrected chi connectivity index (χ1v) is 13.5. The van der Waals surface area contributed by atoms with Gasteiger partial charge >= 0.3 is 0 Å². The molecular weight excluding hydrogens is 470 g/mol. The topological polar surface area (TPSA) is 90.2 Å². The van der Waals surface area contributed by atoms with Gasteiger partial charge in [0.25, 0.3) is 5.91 Å². The number of fused-ring (bicyclic) bond motifs is 3. The van der Waals surface area contributed by atoms with Gasteiger partial charge in [-0.15, -0.1) is 0 Å². The van der Waals surface area contributed by atoms with Gasteiger partial charge < -0.3 is 29.1 Å². The highest BCUT2D eigenvalue weighted by molar-refractivity contribution is 6.00. The van der Waals surface area contributed by atoms with Gasteiger partial charge in [0.2, 0.25) is 0 Å². The fourth-order valence-corrected chi connectivity index (χ4v) is 5.87. The second-order valence-electron chi connectivity index (χ2n) is 10.1. The van der Waals surface area contributed by atoms with Crippen LogP contribution in [0.25, 0.3) is 11.0 Å². The highest BCUT2D eigenvalue weighted by Gasteiger charge is 2.42. The van der Waals surface area contributed by atoms with Gasteiger partial charge in [-0.2, -0.15) is 0 Å². The summed E-state index contributed by atoms with van der Waals surface area (Å²) in [7, 11) is 0. The summed E-state index contributed by atoms with van der Waals surface area (Å²) < 4.78 is 23.8. The van der Waals surface area contributed by atoms with Gasteiger partial charge in [0.1, 0.15) is 16.9 Å². The van der Waals surface area contributed by atoms with Crippen LogP contribution in [0, 0.1) is 6.92 Å². The maximum atomic E-state index is 13.1. The second-order valence-corrected chi connectivity index (χ2v) is 10.1. The molecular formula is C30H37NO6. The summed E-state index contributed by atoms with van der Waals surface area (Å²) in [6.45, 7) is 7.32. The van der Waals surface area contributed by atoms with E-state index in [1.807, 2.05) is 51.1 Å². The number of carbonyl (C=O) groups excluding carboxylic acids is 1. The zero-order chi connectivity index (χ0) is 26.0. The molecule has 2 aromatic carbocycles. The summed E-state index contributed by atoms with van der Waals surface area (Å²) in [5, 5.41) is 15.0. The summed E-state index contributed by atoms with van der Waals surface area (Å²) in [6, 6.07) is 9.58. The van der Waals surface area contributed by atoms with Crippen LogP contribution in [-0.4, -0.2) is 36.4 Å². The van der Waals surface area contributed by atoms with Gasteiger partial charge in [-0.1, -0.05) is 12.5 Å². The van der Waals surface area contributed by atoms with Crippen LogP contribution in [-0.2, 0) is 6.42 Å². The lowest BCUT2D eigenvalue weighted by Gasteiger charge is -2.43. The third-order valence-electron chi connectivity index (χ3n) is 7.60. The summed E-state index contributed by atoms with van der Waals surface area (Å²) in [4.78, 5) is 13.1. The fourth-order valence-electron chi connectivity index (χ4n) is 5.87. The van der Waals surface area contributed by atoms with E-state index < -0.39 is 6.10 Å². The lowest BCUT2D eigenvalue weighted by molar-refractivity contribution is -0.0373. The van der Waals surface area contributed by atoms with Crippen molar-refractivity contribution in [3.8, 4) is 17.2 Å². The molecule has 1 aliphatic heterocycles. The summed E-state index contributed by atoms with van der Waals surface area (Å²) in [5.41, 5.74) is 2.83. The van der Waals surface area contributed by atoms with Crippen molar-refractivity contribution in [3.05, 3.63) is 52.8 Å². The molecule has 1 aliphatic carbocycles. The third-order valence-corrected chi connectivity index (χ3v) is 7.60. The molecule has 1 aromatic heterocycles. The van der Waals surface area contributed by atoms with Gasteiger partial charge in [-0.25, -0.2) is 0 Å². The molecule has 7 nitrogen and oxygen atoms in total. The summed E-state index contributed by atoms with van der Waals surface area (Å²) in [5.74, 6) is 2.15. The van der Waals surface area contributed by atoms with E-state index in [4.69, 9.17) is 18.6 Å². The smallest absolute Gasteiger partial charge is 0.287 e. The Morgan fingerprint density at radius 1 is 1.08 bits per heavy atom. The van der Waals surface area contributed by atoms with Gasteiger partial charge in [0.15, 0.2) is 17.3 Å². The van der Waals surface area contributed by atoms with E-state index >= 15 is 0 Å². The van der Waals surface area contributed by atoms with Crippen LogP contribution in [0.3, 0.4) is 0 Å². The molecule has 0 saturated heterocycles. The predicted molar refractivity (Wildman–Crippen MR) is 142 cm³/mol. The number of rotatable bonds is 8. The molecule has 7 heteroatoms. The van der Waals surface area contributed by atoms with Gasteiger partial charge in [0, 0.05) is 29.5 Å². The lowest BCUT2D eigenvalue weighted by Crippen LogP contribution is -2.42. The van der Waals surface area contributed by atoms with Crippen molar-refractivity contribution in [1.82, 2.24) is 5.32 Å². The average Bonchev–Trinajstić information content (AvgIpc) is 3.22. The van der Waals surface area contributed by atoms with Crippen LogP contribution >= 0.6 is 0 Å². The average molecular weight is 508 g/mol. The second kappa shape index (κ2) is 10.7. The molecule has 2 N–H and O–H groups in total. The van der Waals surface area contributed by atoms with Crippen LogP contribution in [0.4, 0.5) is 0 Å². The summed E-state index contributed by atoms with van der Waals surface area (Å²) in [6.07, 6.45) is 6.00. The third kappa shape index (κ3) is 5.01. The van der Waals surface area contributed by atoms with Crippen molar-refractivity contribution in [1.29, 1.82) is 0 Å². The number of aliphatic hydroxyl groups is 1. The zero-order valence-corrected chi connectivity index (χ0v) is 22.0. The Labute approximate surface area is 218 Å². The first-order chi connectivity index (χ1) is 17.9. The first-order valence-electron chi connectivity index (χ1n) is 13.5. The number of hydrogen-bond donors (Lipinski definition) is 2. The van der Waals surface area contributed by atoms with Crippen molar-refractivity contribution < 1.29 is 28.5 Å². The van der Waals surface area contributed by atoms with Crippen molar-refractivity contribution in [2.45, 2.75) is 77.4 Å². The Balaban J connectivity index is 1.31. The molecule has 2 heterocycles. The molecule has 37 heavy (non-hydrogen) atoms. The minimum absolute atomic E-state index is 0.270. The van der Waals surface area contributed by atoms with Crippen LogP contribution < -0.4 is 19.5 Å². The Morgan fingerprint density at radius 2 is 1.84 bits per heavy atom. The Hall–Kier alpha value is -3.19. The van der Waals surface area contributed by atoms with Gasteiger partial charge in [0.05, 0.1) is 19.3 Å². The van der Waals surface area contributed by atoms with Crippen LogP contribution in [0.5, 0.6) is 17.2 Å². The van der Waals surface area contributed by atoms with Gasteiger partial charge in [-0.05, 0) is 82.7 Å². The number of hydrogen-bond acceptors (Lipinski definition) is 6. The van der Waals surface area contributed by atoms with E-state index in [-0.39, 0.29) is 17.3 Å². The molecule has 3 aromatic rings. The number of ether oxygens (including phenoxy) is 3. The molecule has 0 bridgehead atoms. The molecule has 1 atom stereocenters. The van der Waals surface area contributed by atoms with E-state index in [1.165, 1.54) is 6.42 Å². The number of furan rings is 1.